The van der Waals surface area contributed by atoms with E-state index in [0.717, 1.165) is 5.82 Å². The molecule has 1 N–H and O–H groups in total. The maximum absolute atomic E-state index is 12.3. The molecule has 0 unspecified atom stereocenters. The van der Waals surface area contributed by atoms with Crippen molar-refractivity contribution < 1.29 is 9.32 Å². The monoisotopic (exact) mass is 322 g/mol. The van der Waals surface area contributed by atoms with Crippen LogP contribution in [0, 0.1) is 5.92 Å². The van der Waals surface area contributed by atoms with Gasteiger partial charge >= 0.3 is 6.03 Å². The number of nitrogens with one attached hydrogen (secondary N) is 1. The number of aromatic nitrogens is 2. The highest BCUT2D eigenvalue weighted by Crippen LogP contribution is 2.28. The fraction of sp³-hybridized carbons (Fsp3) is 0.824. The smallest absolute Gasteiger partial charge is 0.317 e. The minimum atomic E-state index is -0.0216. The van der Waals surface area contributed by atoms with Gasteiger partial charge in [0.15, 0.2) is 5.82 Å². The van der Waals surface area contributed by atoms with E-state index in [9.17, 15) is 4.79 Å². The van der Waals surface area contributed by atoms with Gasteiger partial charge in [0.1, 0.15) is 0 Å². The highest BCUT2D eigenvalue weighted by Gasteiger charge is 2.25. The van der Waals surface area contributed by atoms with Crippen molar-refractivity contribution in [3.05, 3.63) is 11.7 Å². The minimum Gasteiger partial charge on any atom is -0.339 e. The lowest BCUT2D eigenvalue weighted by molar-refractivity contribution is 0.156. The molecule has 0 saturated heterocycles. The Morgan fingerprint density at radius 2 is 2.00 bits per heavy atom. The molecule has 1 aliphatic carbocycles. The number of rotatable bonds is 6. The van der Waals surface area contributed by atoms with E-state index in [1.54, 1.807) is 0 Å². The molecule has 1 aromatic heterocycles. The van der Waals surface area contributed by atoms with Gasteiger partial charge in [0.2, 0.25) is 5.89 Å². The fourth-order valence-corrected chi connectivity index (χ4v) is 3.12. The third-order valence-electron chi connectivity index (χ3n) is 4.88. The Labute approximate surface area is 139 Å². The normalized spacial score (nSPS) is 17.3. The summed E-state index contributed by atoms with van der Waals surface area (Å²) in [6, 6.07) is 0.262. The summed E-state index contributed by atoms with van der Waals surface area (Å²) in [5.74, 6) is 2.18. The second-order valence-electron chi connectivity index (χ2n) is 6.93. The predicted octanol–water partition coefficient (Wildman–Crippen LogP) is 3.35. The van der Waals surface area contributed by atoms with Crippen molar-refractivity contribution in [3.8, 4) is 0 Å². The van der Waals surface area contributed by atoms with E-state index < -0.39 is 0 Å². The summed E-state index contributed by atoms with van der Waals surface area (Å²) >= 11 is 0. The van der Waals surface area contributed by atoms with Gasteiger partial charge in [-0.2, -0.15) is 4.98 Å². The Kier molecular flexibility index (Phi) is 6.42. The Morgan fingerprint density at radius 3 is 2.61 bits per heavy atom. The molecule has 6 heteroatoms. The summed E-state index contributed by atoms with van der Waals surface area (Å²) in [7, 11) is 1.89. The zero-order valence-corrected chi connectivity index (χ0v) is 14.8. The second kappa shape index (κ2) is 8.31. The minimum absolute atomic E-state index is 0.0216. The number of amides is 2. The van der Waals surface area contributed by atoms with E-state index in [0.29, 0.717) is 24.8 Å². The van der Waals surface area contributed by atoms with Crippen LogP contribution in [-0.4, -0.2) is 40.7 Å². The van der Waals surface area contributed by atoms with Crippen molar-refractivity contribution in [1.82, 2.24) is 20.4 Å². The van der Waals surface area contributed by atoms with Crippen LogP contribution in [0.15, 0.2) is 4.52 Å². The molecule has 1 heterocycles. The molecule has 1 atom stereocenters. The molecule has 2 amide bonds. The lowest BCUT2D eigenvalue weighted by Gasteiger charge is -2.34. The Morgan fingerprint density at radius 1 is 1.30 bits per heavy atom. The Balaban J connectivity index is 1.74. The van der Waals surface area contributed by atoms with Crippen molar-refractivity contribution >= 4 is 6.03 Å². The molecule has 0 spiro atoms. The van der Waals surface area contributed by atoms with Gasteiger partial charge in [-0.25, -0.2) is 4.79 Å². The van der Waals surface area contributed by atoms with Gasteiger partial charge in [0.25, 0.3) is 0 Å². The van der Waals surface area contributed by atoms with Crippen LogP contribution in [-0.2, 0) is 6.42 Å². The number of nitrogens with zero attached hydrogens (tertiary/aromatic N) is 3. The highest BCUT2D eigenvalue weighted by atomic mass is 16.5. The summed E-state index contributed by atoms with van der Waals surface area (Å²) in [4.78, 5) is 18.4. The molecule has 2 rings (SSSR count). The lowest BCUT2D eigenvalue weighted by atomic mass is 9.84. The van der Waals surface area contributed by atoms with Crippen LogP contribution in [0.3, 0.4) is 0 Å². The third-order valence-corrected chi connectivity index (χ3v) is 4.88. The molecule has 1 aliphatic rings. The maximum atomic E-state index is 12.3. The number of hydrogen-bond acceptors (Lipinski definition) is 4. The topological polar surface area (TPSA) is 71.3 Å². The first-order valence-electron chi connectivity index (χ1n) is 8.82. The van der Waals surface area contributed by atoms with Gasteiger partial charge < -0.3 is 14.7 Å². The Hall–Kier alpha value is -1.59. The Bertz CT molecular complexity index is 495. The first kappa shape index (κ1) is 17.8. The third kappa shape index (κ3) is 4.94. The number of hydrogen-bond donors (Lipinski definition) is 1. The van der Waals surface area contributed by atoms with Crippen molar-refractivity contribution in [3.63, 3.8) is 0 Å². The van der Waals surface area contributed by atoms with E-state index >= 15 is 0 Å². The van der Waals surface area contributed by atoms with Gasteiger partial charge in [-0.1, -0.05) is 38.3 Å². The van der Waals surface area contributed by atoms with Crippen LogP contribution in [0.1, 0.15) is 70.5 Å². The van der Waals surface area contributed by atoms with E-state index in [4.69, 9.17) is 4.52 Å². The van der Waals surface area contributed by atoms with Crippen LogP contribution < -0.4 is 5.32 Å². The molecule has 1 aromatic rings. The van der Waals surface area contributed by atoms with Crippen LogP contribution in [0.25, 0.3) is 0 Å². The largest absolute Gasteiger partial charge is 0.339 e. The first-order valence-corrected chi connectivity index (χ1v) is 8.82. The van der Waals surface area contributed by atoms with Crippen molar-refractivity contribution in [2.75, 3.05) is 13.6 Å². The van der Waals surface area contributed by atoms with Gasteiger partial charge in [0.05, 0.1) is 0 Å². The molecular formula is C17H30N4O2. The average Bonchev–Trinajstić information content (AvgIpc) is 3.03. The maximum Gasteiger partial charge on any atom is 0.317 e. The van der Waals surface area contributed by atoms with Gasteiger partial charge in [-0.15, -0.1) is 0 Å². The number of urea groups is 1. The second-order valence-corrected chi connectivity index (χ2v) is 6.93. The summed E-state index contributed by atoms with van der Waals surface area (Å²) in [5, 5.41) is 6.88. The molecule has 0 aromatic carbocycles. The van der Waals surface area contributed by atoms with Crippen molar-refractivity contribution in [2.24, 2.45) is 5.92 Å². The molecule has 1 fully saturated rings. The summed E-state index contributed by atoms with van der Waals surface area (Å²) in [6.45, 7) is 6.72. The van der Waals surface area contributed by atoms with Crippen molar-refractivity contribution in [1.29, 1.82) is 0 Å². The number of carbonyl (C=O) groups excluding carboxylic acids is 1. The zero-order chi connectivity index (χ0) is 16.8. The van der Waals surface area contributed by atoms with Crippen LogP contribution in [0.2, 0.25) is 0 Å². The van der Waals surface area contributed by atoms with E-state index in [1.807, 2.05) is 25.8 Å². The fourth-order valence-electron chi connectivity index (χ4n) is 3.12. The predicted molar refractivity (Wildman–Crippen MR) is 89.3 cm³/mol. The van der Waals surface area contributed by atoms with Gasteiger partial charge in [0, 0.05) is 32.0 Å². The van der Waals surface area contributed by atoms with Crippen LogP contribution >= 0.6 is 0 Å². The average molecular weight is 322 g/mol. The molecular weight excluding hydrogens is 292 g/mol. The standard InChI is InChI=1S/C17H30N4O2/c1-12(2)16-19-15(23-20-16)10-11-18-17(22)21(4)13(3)14-8-6-5-7-9-14/h12-14H,5-11H2,1-4H3,(H,18,22)/t13-/m1/s1. The quantitative estimate of drug-likeness (QED) is 0.872. The zero-order valence-electron chi connectivity index (χ0n) is 14.8. The molecule has 1 saturated carbocycles. The SMILES string of the molecule is CC(C)c1noc(CCNC(=O)N(C)[C@H](C)C2CCCCC2)n1. The molecule has 0 radical (unpaired) electrons. The van der Waals surface area contributed by atoms with E-state index in [2.05, 4.69) is 22.4 Å². The first-order chi connectivity index (χ1) is 11.0. The van der Waals surface area contributed by atoms with Crippen LogP contribution in [0.5, 0.6) is 0 Å². The summed E-state index contributed by atoms with van der Waals surface area (Å²) < 4.78 is 5.18. The van der Waals surface area contributed by atoms with Crippen LogP contribution in [0.4, 0.5) is 4.79 Å². The van der Waals surface area contributed by atoms with Crippen molar-refractivity contribution in [2.45, 2.75) is 71.3 Å². The van der Waals surface area contributed by atoms with Gasteiger partial charge in [-0.3, -0.25) is 0 Å². The lowest BCUT2D eigenvalue weighted by Crippen LogP contribution is -2.46. The molecule has 23 heavy (non-hydrogen) atoms. The number of carbonyl (C=O) groups is 1. The highest BCUT2D eigenvalue weighted by molar-refractivity contribution is 5.74. The van der Waals surface area contributed by atoms with E-state index in [-0.39, 0.29) is 18.0 Å². The summed E-state index contributed by atoms with van der Waals surface area (Å²) in [5.41, 5.74) is 0. The molecule has 0 bridgehead atoms. The molecule has 0 aliphatic heterocycles. The molecule has 130 valence electrons. The molecule has 6 nitrogen and oxygen atoms in total. The van der Waals surface area contributed by atoms with Gasteiger partial charge in [-0.05, 0) is 25.7 Å². The van der Waals surface area contributed by atoms with E-state index in [1.165, 1.54) is 32.1 Å². The summed E-state index contributed by atoms with van der Waals surface area (Å²) in [6.07, 6.45) is 6.95.